The molecule has 0 bridgehead atoms. The highest BCUT2D eigenvalue weighted by Crippen LogP contribution is 2.55. The van der Waals surface area contributed by atoms with Gasteiger partial charge in [0.2, 0.25) is 0 Å². The second kappa shape index (κ2) is 8.12. The van der Waals surface area contributed by atoms with Crippen LogP contribution < -0.4 is 5.32 Å². The number of rotatable bonds is 2. The van der Waals surface area contributed by atoms with Crippen molar-refractivity contribution in [1.82, 2.24) is 4.57 Å². The number of fused-ring (bicyclic) bond motifs is 9. The Kier molecular flexibility index (Phi) is 4.51. The highest BCUT2D eigenvalue weighted by molar-refractivity contribution is 8.00. The minimum atomic E-state index is 0.0681. The van der Waals surface area contributed by atoms with Gasteiger partial charge in [-0.25, -0.2) is 0 Å². The normalized spacial score (nSPS) is 15.0. The Morgan fingerprint density at radius 1 is 0.615 bits per heavy atom. The number of hydrogen-bond acceptors (Lipinski definition) is 3. The smallest absolute Gasteiger partial charge is 0.157 e. The summed E-state index contributed by atoms with van der Waals surface area (Å²) in [6.07, 6.45) is 0. The Balaban J connectivity index is 1.30. The van der Waals surface area contributed by atoms with Gasteiger partial charge in [0.15, 0.2) is 5.50 Å². The lowest BCUT2D eigenvalue weighted by atomic mass is 9.98. The zero-order valence-electron chi connectivity index (χ0n) is 20.9. The topological polar surface area (TPSA) is 17.0 Å². The number of thioether (sulfide) groups is 1. The van der Waals surface area contributed by atoms with Crippen LogP contribution in [0.2, 0.25) is 0 Å². The van der Waals surface area contributed by atoms with Gasteiger partial charge < -0.3 is 9.88 Å². The molecule has 6 aromatic carbocycles. The van der Waals surface area contributed by atoms with Gasteiger partial charge in [-0.2, -0.15) is 0 Å². The lowest BCUT2D eigenvalue weighted by Crippen LogP contribution is -2.10. The first-order chi connectivity index (χ1) is 19.3. The first kappa shape index (κ1) is 21.7. The van der Waals surface area contributed by atoms with Crippen molar-refractivity contribution in [1.29, 1.82) is 0 Å². The summed E-state index contributed by atoms with van der Waals surface area (Å²) in [7, 11) is 0. The van der Waals surface area contributed by atoms with Crippen LogP contribution in [0.3, 0.4) is 0 Å². The van der Waals surface area contributed by atoms with Crippen molar-refractivity contribution in [2.75, 3.05) is 5.32 Å². The van der Waals surface area contributed by atoms with Crippen LogP contribution in [0.25, 0.3) is 63.9 Å². The summed E-state index contributed by atoms with van der Waals surface area (Å²) in [5.41, 5.74) is 6.37. The van der Waals surface area contributed by atoms with Gasteiger partial charge in [0.05, 0.1) is 16.7 Å². The Morgan fingerprint density at radius 3 is 2.08 bits per heavy atom. The fourth-order valence-corrected chi connectivity index (χ4v) is 8.90. The number of aromatic nitrogens is 1. The summed E-state index contributed by atoms with van der Waals surface area (Å²) in [4.78, 5) is 1.35. The third kappa shape index (κ3) is 3.10. The van der Waals surface area contributed by atoms with E-state index in [0.717, 1.165) is 0 Å². The van der Waals surface area contributed by atoms with Crippen molar-refractivity contribution >= 4 is 81.5 Å². The van der Waals surface area contributed by atoms with Gasteiger partial charge in [-0.15, -0.1) is 11.3 Å². The Morgan fingerprint density at radius 2 is 1.28 bits per heavy atom. The van der Waals surface area contributed by atoms with Crippen molar-refractivity contribution in [2.24, 2.45) is 0 Å². The first-order valence-corrected chi connectivity index (χ1v) is 14.9. The molecule has 0 aliphatic carbocycles. The summed E-state index contributed by atoms with van der Waals surface area (Å²) in [6.45, 7) is 0. The molecule has 1 aliphatic rings. The van der Waals surface area contributed by atoms with Gasteiger partial charge in [0.25, 0.3) is 0 Å². The molecule has 0 saturated carbocycles. The van der Waals surface area contributed by atoms with E-state index in [4.69, 9.17) is 0 Å². The number of anilines is 1. The second-order valence-corrected chi connectivity index (χ2v) is 12.3. The van der Waals surface area contributed by atoms with E-state index in [9.17, 15) is 0 Å². The quantitative estimate of drug-likeness (QED) is 0.238. The average molecular weight is 535 g/mol. The molecule has 0 amide bonds. The maximum absolute atomic E-state index is 3.95. The Hall–Kier alpha value is -4.25. The standard InChI is InChI=1S/C35H22N2S2/c1-2-10-22-19-23(18-17-21(22)9-1)27-20-28-34(32-26-13-5-8-16-31(26)38-33(27)32)39-35(36-28)37-29-14-6-3-11-24(29)25-12-4-7-15-30(25)37/h1-20,35-36H. The Bertz CT molecular complexity index is 2200. The lowest BCUT2D eigenvalue weighted by molar-refractivity contribution is 0.826. The number of nitrogens with one attached hydrogen (secondary N) is 1. The summed E-state index contributed by atoms with van der Waals surface area (Å²) < 4.78 is 5.18. The van der Waals surface area contributed by atoms with E-state index in [2.05, 4.69) is 131 Å². The van der Waals surface area contributed by atoms with Crippen LogP contribution in [0.4, 0.5) is 5.69 Å². The summed E-state index contributed by atoms with van der Waals surface area (Å²) >= 11 is 3.85. The largest absolute Gasteiger partial charge is 0.355 e. The van der Waals surface area contributed by atoms with Crippen molar-refractivity contribution in [3.8, 4) is 11.1 Å². The van der Waals surface area contributed by atoms with Gasteiger partial charge in [0, 0.05) is 41.4 Å². The summed E-state index contributed by atoms with van der Waals surface area (Å²) in [6, 6.07) is 44.3. The highest BCUT2D eigenvalue weighted by Gasteiger charge is 2.30. The molecule has 39 heavy (non-hydrogen) atoms. The molecule has 1 atom stereocenters. The van der Waals surface area contributed by atoms with Crippen molar-refractivity contribution in [2.45, 2.75) is 10.4 Å². The van der Waals surface area contributed by atoms with Gasteiger partial charge in [-0.3, -0.25) is 0 Å². The predicted octanol–water partition coefficient (Wildman–Crippen LogP) is 10.7. The zero-order chi connectivity index (χ0) is 25.5. The van der Waals surface area contributed by atoms with Gasteiger partial charge in [0.1, 0.15) is 0 Å². The number of hydrogen-bond donors (Lipinski definition) is 1. The van der Waals surface area contributed by atoms with E-state index in [1.807, 2.05) is 23.1 Å². The number of thiophene rings is 1. The summed E-state index contributed by atoms with van der Waals surface area (Å²) in [5.74, 6) is 0. The zero-order valence-corrected chi connectivity index (χ0v) is 22.5. The van der Waals surface area contributed by atoms with Crippen LogP contribution in [0.15, 0.2) is 126 Å². The number of nitrogens with zero attached hydrogens (tertiary/aromatic N) is 1. The maximum atomic E-state index is 3.95. The first-order valence-electron chi connectivity index (χ1n) is 13.2. The Labute approximate surface area is 233 Å². The molecular weight excluding hydrogens is 513 g/mol. The molecule has 1 aliphatic heterocycles. The van der Waals surface area contributed by atoms with Crippen molar-refractivity contribution < 1.29 is 0 Å². The SMILES string of the molecule is c1ccc2cc(-c3cc4c(c5c3sc3ccccc35)SC(n3c5ccccc5c5ccccc53)N4)ccc2c1. The molecule has 1 N–H and O–H groups in total. The fraction of sp³-hybridized carbons (Fsp3) is 0.0286. The van der Waals surface area contributed by atoms with Crippen LogP contribution >= 0.6 is 23.1 Å². The fourth-order valence-electron chi connectivity index (χ4n) is 6.27. The van der Waals surface area contributed by atoms with Crippen LogP contribution in [0.1, 0.15) is 5.50 Å². The third-order valence-electron chi connectivity index (χ3n) is 8.02. The van der Waals surface area contributed by atoms with Gasteiger partial charge in [-0.1, -0.05) is 103 Å². The lowest BCUT2D eigenvalue weighted by Gasteiger charge is -2.16. The van der Waals surface area contributed by atoms with Crippen LogP contribution in [-0.2, 0) is 0 Å². The predicted molar refractivity (Wildman–Crippen MR) is 170 cm³/mol. The van der Waals surface area contributed by atoms with E-state index < -0.39 is 0 Å². The maximum Gasteiger partial charge on any atom is 0.157 e. The molecule has 4 heteroatoms. The molecule has 2 aromatic heterocycles. The molecule has 184 valence electrons. The van der Waals surface area contributed by atoms with Crippen molar-refractivity contribution in [3.05, 3.63) is 121 Å². The molecule has 2 nitrogen and oxygen atoms in total. The van der Waals surface area contributed by atoms with E-state index in [0.29, 0.717) is 0 Å². The molecule has 0 spiro atoms. The number of benzene rings is 6. The van der Waals surface area contributed by atoms with Crippen LogP contribution in [0.5, 0.6) is 0 Å². The van der Waals surface area contributed by atoms with Crippen molar-refractivity contribution in [3.63, 3.8) is 0 Å². The third-order valence-corrected chi connectivity index (χ3v) is 10.4. The van der Waals surface area contributed by atoms with E-state index >= 15 is 0 Å². The van der Waals surface area contributed by atoms with Crippen LogP contribution in [-0.4, -0.2) is 4.57 Å². The van der Waals surface area contributed by atoms with Crippen LogP contribution in [0, 0.1) is 0 Å². The highest BCUT2D eigenvalue weighted by atomic mass is 32.2. The average Bonchev–Trinajstić information content (AvgIpc) is 3.67. The van der Waals surface area contributed by atoms with Gasteiger partial charge in [-0.05, 0) is 46.7 Å². The summed E-state index contributed by atoms with van der Waals surface area (Å²) in [5, 5.41) is 11.8. The molecule has 8 aromatic rings. The monoisotopic (exact) mass is 534 g/mol. The molecule has 0 fully saturated rings. The molecular formula is C35H22N2S2. The number of para-hydroxylation sites is 2. The molecule has 9 rings (SSSR count). The molecule has 1 unspecified atom stereocenters. The second-order valence-electron chi connectivity index (χ2n) is 10.2. The van der Waals surface area contributed by atoms with E-state index in [-0.39, 0.29) is 5.50 Å². The minimum absolute atomic E-state index is 0.0681. The molecule has 0 radical (unpaired) electrons. The van der Waals surface area contributed by atoms with E-state index in [1.54, 1.807) is 0 Å². The molecule has 3 heterocycles. The van der Waals surface area contributed by atoms with E-state index in [1.165, 1.54) is 74.5 Å². The molecule has 0 saturated heterocycles. The minimum Gasteiger partial charge on any atom is -0.355 e. The van der Waals surface area contributed by atoms with Gasteiger partial charge >= 0.3 is 0 Å².